The quantitative estimate of drug-likeness (QED) is 0.414. The predicted molar refractivity (Wildman–Crippen MR) is 64.2 cm³/mol. The minimum atomic E-state index is -0.754. The predicted octanol–water partition coefficient (Wildman–Crippen LogP) is 0.662. The van der Waals surface area contributed by atoms with Crippen molar-refractivity contribution in [3.8, 4) is 0 Å². The zero-order chi connectivity index (χ0) is 11.8. The SMILES string of the molecule is CC(=O)OCC(COC(C)=O)OC(C)=O.I. The smallest absolute Gasteiger partial charge is 0.303 e. The van der Waals surface area contributed by atoms with E-state index >= 15 is 0 Å². The van der Waals surface area contributed by atoms with E-state index in [1.165, 1.54) is 20.8 Å². The van der Waals surface area contributed by atoms with Crippen LogP contribution in [0.2, 0.25) is 0 Å². The normalized spacial score (nSPS) is 9.00. The van der Waals surface area contributed by atoms with Gasteiger partial charge in [0.15, 0.2) is 6.10 Å². The second-order valence-electron chi connectivity index (χ2n) is 2.84. The molecule has 0 aliphatic carbocycles. The Kier molecular flexibility index (Phi) is 10.3. The highest BCUT2D eigenvalue weighted by atomic mass is 127. The molecule has 0 aliphatic heterocycles. The molecule has 16 heavy (non-hydrogen) atoms. The van der Waals surface area contributed by atoms with E-state index in [9.17, 15) is 14.4 Å². The summed E-state index contributed by atoms with van der Waals surface area (Å²) in [4.78, 5) is 31.6. The Morgan fingerprint density at radius 2 is 1.25 bits per heavy atom. The van der Waals surface area contributed by atoms with Crippen molar-refractivity contribution in [3.05, 3.63) is 0 Å². The van der Waals surface area contributed by atoms with Gasteiger partial charge in [-0.05, 0) is 0 Å². The van der Waals surface area contributed by atoms with E-state index in [0.29, 0.717) is 0 Å². The van der Waals surface area contributed by atoms with Crippen LogP contribution in [0.25, 0.3) is 0 Å². The van der Waals surface area contributed by atoms with Crippen molar-refractivity contribution in [1.29, 1.82) is 0 Å². The van der Waals surface area contributed by atoms with Crippen molar-refractivity contribution in [3.63, 3.8) is 0 Å². The lowest BCUT2D eigenvalue weighted by Gasteiger charge is -2.15. The van der Waals surface area contributed by atoms with E-state index in [-0.39, 0.29) is 37.2 Å². The van der Waals surface area contributed by atoms with Crippen LogP contribution in [-0.2, 0) is 28.6 Å². The van der Waals surface area contributed by atoms with Gasteiger partial charge >= 0.3 is 17.9 Å². The number of hydrogen-bond donors (Lipinski definition) is 0. The maximum absolute atomic E-state index is 10.6. The average Bonchev–Trinajstić information content (AvgIpc) is 2.08. The van der Waals surface area contributed by atoms with E-state index in [4.69, 9.17) is 4.74 Å². The molecule has 0 amide bonds. The fourth-order valence-corrected chi connectivity index (χ4v) is 0.771. The number of carbonyl (C=O) groups is 3. The largest absolute Gasteiger partial charge is 0.462 e. The van der Waals surface area contributed by atoms with Crippen molar-refractivity contribution < 1.29 is 28.6 Å². The van der Waals surface area contributed by atoms with Gasteiger partial charge in [0.05, 0.1) is 0 Å². The zero-order valence-electron chi connectivity index (χ0n) is 9.35. The number of carbonyl (C=O) groups excluding carboxylic acids is 3. The second kappa shape index (κ2) is 9.37. The van der Waals surface area contributed by atoms with Gasteiger partial charge in [-0.1, -0.05) is 0 Å². The summed E-state index contributed by atoms with van der Waals surface area (Å²) in [7, 11) is 0. The van der Waals surface area contributed by atoms with Crippen LogP contribution < -0.4 is 0 Å². The van der Waals surface area contributed by atoms with E-state index < -0.39 is 24.0 Å². The summed E-state index contributed by atoms with van der Waals surface area (Å²) in [6.45, 7) is 3.44. The first-order chi connectivity index (χ1) is 6.91. The van der Waals surface area contributed by atoms with Gasteiger partial charge in [-0.25, -0.2) is 0 Å². The minimum absolute atomic E-state index is 0. The van der Waals surface area contributed by atoms with Crippen LogP contribution in [0, 0.1) is 0 Å². The van der Waals surface area contributed by atoms with Gasteiger partial charge in [-0.3, -0.25) is 14.4 Å². The van der Waals surface area contributed by atoms with E-state index in [1.807, 2.05) is 0 Å². The van der Waals surface area contributed by atoms with E-state index in [2.05, 4.69) is 9.47 Å². The lowest BCUT2D eigenvalue weighted by Crippen LogP contribution is -2.29. The molecule has 0 aliphatic rings. The van der Waals surface area contributed by atoms with Crippen LogP contribution in [0.15, 0.2) is 0 Å². The first kappa shape index (κ1) is 17.5. The third-order valence-electron chi connectivity index (χ3n) is 1.28. The summed E-state index contributed by atoms with van der Waals surface area (Å²) >= 11 is 0. The van der Waals surface area contributed by atoms with Crippen molar-refractivity contribution in [2.45, 2.75) is 26.9 Å². The monoisotopic (exact) mass is 346 g/mol. The third-order valence-corrected chi connectivity index (χ3v) is 1.28. The molecule has 7 heteroatoms. The Bertz CT molecular complexity index is 234. The summed E-state index contributed by atoms with van der Waals surface area (Å²) in [5.74, 6) is -1.51. The topological polar surface area (TPSA) is 78.9 Å². The van der Waals surface area contributed by atoms with Crippen molar-refractivity contribution in [2.24, 2.45) is 0 Å². The Morgan fingerprint density at radius 1 is 0.875 bits per heavy atom. The molecule has 0 bridgehead atoms. The fraction of sp³-hybridized carbons (Fsp3) is 0.667. The molecule has 0 atom stereocenters. The Balaban J connectivity index is 0. The summed E-state index contributed by atoms with van der Waals surface area (Å²) in [6, 6.07) is 0. The van der Waals surface area contributed by atoms with Gasteiger partial charge in [0.1, 0.15) is 13.2 Å². The summed E-state index contributed by atoms with van der Waals surface area (Å²) in [6.07, 6.45) is -0.754. The molecule has 0 saturated heterocycles. The lowest BCUT2D eigenvalue weighted by molar-refractivity contribution is -0.163. The molecule has 0 radical (unpaired) electrons. The minimum Gasteiger partial charge on any atom is -0.462 e. The summed E-state index contributed by atoms with van der Waals surface area (Å²) in [5, 5.41) is 0. The van der Waals surface area contributed by atoms with Crippen LogP contribution in [0.3, 0.4) is 0 Å². The molecule has 0 aromatic carbocycles. The molecule has 0 unspecified atom stereocenters. The summed E-state index contributed by atoms with van der Waals surface area (Å²) < 4.78 is 14.0. The van der Waals surface area contributed by atoms with Crippen LogP contribution in [0.5, 0.6) is 0 Å². The van der Waals surface area contributed by atoms with Gasteiger partial charge in [-0.15, -0.1) is 24.0 Å². The Labute approximate surface area is 111 Å². The first-order valence-corrected chi connectivity index (χ1v) is 4.35. The van der Waals surface area contributed by atoms with Gasteiger partial charge in [-0.2, -0.15) is 0 Å². The molecule has 0 spiro atoms. The fourth-order valence-electron chi connectivity index (χ4n) is 0.771. The second-order valence-corrected chi connectivity index (χ2v) is 2.84. The van der Waals surface area contributed by atoms with Gasteiger partial charge in [0.2, 0.25) is 0 Å². The highest BCUT2D eigenvalue weighted by molar-refractivity contribution is 14.0. The molecule has 0 heterocycles. The molecule has 0 rings (SSSR count). The average molecular weight is 346 g/mol. The molecular weight excluding hydrogens is 331 g/mol. The van der Waals surface area contributed by atoms with Crippen molar-refractivity contribution in [1.82, 2.24) is 0 Å². The van der Waals surface area contributed by atoms with Gasteiger partial charge in [0.25, 0.3) is 0 Å². The third kappa shape index (κ3) is 11.2. The van der Waals surface area contributed by atoms with Crippen molar-refractivity contribution >= 4 is 41.9 Å². The molecule has 6 nitrogen and oxygen atoms in total. The summed E-state index contributed by atoms with van der Waals surface area (Å²) in [5.41, 5.74) is 0. The van der Waals surface area contributed by atoms with Gasteiger partial charge in [0, 0.05) is 20.8 Å². The number of esters is 3. The maximum Gasteiger partial charge on any atom is 0.303 e. The first-order valence-electron chi connectivity index (χ1n) is 4.35. The van der Waals surface area contributed by atoms with Crippen LogP contribution in [0.4, 0.5) is 0 Å². The molecule has 94 valence electrons. The number of ether oxygens (including phenoxy) is 3. The van der Waals surface area contributed by atoms with Gasteiger partial charge < -0.3 is 14.2 Å². The molecular formula is C9H15IO6. The van der Waals surface area contributed by atoms with Crippen LogP contribution in [0.1, 0.15) is 20.8 Å². The Hall–Kier alpha value is -0.860. The Morgan fingerprint density at radius 3 is 1.50 bits per heavy atom. The molecule has 0 fully saturated rings. The highest BCUT2D eigenvalue weighted by Gasteiger charge is 2.15. The van der Waals surface area contributed by atoms with Crippen LogP contribution in [-0.4, -0.2) is 37.2 Å². The van der Waals surface area contributed by atoms with Crippen LogP contribution >= 0.6 is 24.0 Å². The van der Waals surface area contributed by atoms with Crippen molar-refractivity contribution in [2.75, 3.05) is 13.2 Å². The highest BCUT2D eigenvalue weighted by Crippen LogP contribution is 1.97. The zero-order valence-corrected chi connectivity index (χ0v) is 11.7. The maximum atomic E-state index is 10.6. The van der Waals surface area contributed by atoms with E-state index in [1.54, 1.807) is 0 Å². The number of halogens is 1. The van der Waals surface area contributed by atoms with E-state index in [0.717, 1.165) is 0 Å². The standard InChI is InChI=1S/C9H14O6.HI/c1-6(10)13-4-9(15-8(3)12)5-14-7(2)11;/h9H,4-5H2,1-3H3;1H. The lowest BCUT2D eigenvalue weighted by atomic mass is 10.4. The number of rotatable bonds is 5. The molecule has 0 aromatic heterocycles. The molecule has 0 N–H and O–H groups in total. The molecule has 0 saturated carbocycles. The molecule has 0 aromatic rings. The number of hydrogen-bond acceptors (Lipinski definition) is 6.